The van der Waals surface area contributed by atoms with E-state index in [0.29, 0.717) is 6.61 Å². The van der Waals surface area contributed by atoms with Gasteiger partial charge in [0.25, 0.3) is 0 Å². The van der Waals surface area contributed by atoms with Crippen LogP contribution in [0.15, 0.2) is 30.7 Å². The van der Waals surface area contributed by atoms with Crippen molar-refractivity contribution in [2.75, 3.05) is 18.6 Å². The maximum absolute atomic E-state index is 5.52. The smallest absolute Gasteiger partial charge is 0.161 e. The van der Waals surface area contributed by atoms with Crippen LogP contribution in [0.5, 0.6) is 5.75 Å². The van der Waals surface area contributed by atoms with Crippen molar-refractivity contribution in [3.8, 4) is 5.75 Å². The van der Waals surface area contributed by atoms with Crippen LogP contribution in [0.3, 0.4) is 0 Å². The Kier molecular flexibility index (Phi) is 1.93. The Morgan fingerprint density at radius 2 is 2.46 bits per heavy atom. The van der Waals surface area contributed by atoms with E-state index in [1.54, 1.807) is 12.4 Å². The first kappa shape index (κ1) is 8.10. The Hall–Kier alpha value is -1.51. The standard InChI is InChI=1S/C10H12N2O/c1-8-4-6-13-10-7-11-5-3-9(10)12(8)2/h3,5,7H,1,4,6H2,2H3. The molecule has 0 N–H and O–H groups in total. The van der Waals surface area contributed by atoms with Gasteiger partial charge in [-0.05, 0) is 6.07 Å². The lowest BCUT2D eigenvalue weighted by molar-refractivity contribution is 0.327. The number of pyridine rings is 1. The summed E-state index contributed by atoms with van der Waals surface area (Å²) in [4.78, 5) is 6.06. The van der Waals surface area contributed by atoms with E-state index in [2.05, 4.69) is 11.6 Å². The molecule has 3 heteroatoms. The number of nitrogens with zero attached hydrogens (tertiary/aromatic N) is 2. The molecule has 0 spiro atoms. The number of rotatable bonds is 0. The number of fused-ring (bicyclic) bond motifs is 1. The molecule has 1 aromatic heterocycles. The van der Waals surface area contributed by atoms with Crippen LogP contribution in [-0.2, 0) is 0 Å². The molecule has 0 radical (unpaired) electrons. The number of aromatic nitrogens is 1. The van der Waals surface area contributed by atoms with E-state index in [1.165, 1.54) is 0 Å². The first-order valence-corrected chi connectivity index (χ1v) is 4.27. The number of hydrogen-bond donors (Lipinski definition) is 0. The van der Waals surface area contributed by atoms with E-state index in [9.17, 15) is 0 Å². The summed E-state index contributed by atoms with van der Waals surface area (Å²) in [6, 6.07) is 1.94. The largest absolute Gasteiger partial charge is 0.489 e. The summed E-state index contributed by atoms with van der Waals surface area (Å²) in [6.07, 6.45) is 4.37. The van der Waals surface area contributed by atoms with Gasteiger partial charge in [-0.1, -0.05) is 6.58 Å². The van der Waals surface area contributed by atoms with Gasteiger partial charge in [0.2, 0.25) is 0 Å². The fraction of sp³-hybridized carbons (Fsp3) is 0.300. The Morgan fingerprint density at radius 1 is 1.62 bits per heavy atom. The van der Waals surface area contributed by atoms with Gasteiger partial charge in [0.15, 0.2) is 5.75 Å². The predicted octanol–water partition coefficient (Wildman–Crippen LogP) is 1.81. The van der Waals surface area contributed by atoms with Gasteiger partial charge in [-0.25, -0.2) is 0 Å². The molecule has 0 saturated heterocycles. The lowest BCUT2D eigenvalue weighted by Gasteiger charge is -2.18. The van der Waals surface area contributed by atoms with E-state index in [-0.39, 0.29) is 0 Å². The molecule has 13 heavy (non-hydrogen) atoms. The molecule has 0 bridgehead atoms. The highest BCUT2D eigenvalue weighted by molar-refractivity contribution is 5.60. The second-order valence-corrected chi connectivity index (χ2v) is 3.07. The van der Waals surface area contributed by atoms with Crippen molar-refractivity contribution in [3.63, 3.8) is 0 Å². The summed E-state index contributed by atoms with van der Waals surface area (Å²) in [5.74, 6) is 0.837. The van der Waals surface area contributed by atoms with Gasteiger partial charge in [0.05, 0.1) is 18.5 Å². The Balaban J connectivity index is 2.46. The molecule has 1 aliphatic rings. The van der Waals surface area contributed by atoms with Crippen LogP contribution in [0.1, 0.15) is 6.42 Å². The highest BCUT2D eigenvalue weighted by Crippen LogP contribution is 2.31. The van der Waals surface area contributed by atoms with E-state index >= 15 is 0 Å². The third-order valence-electron chi connectivity index (χ3n) is 2.25. The molecule has 0 amide bonds. The highest BCUT2D eigenvalue weighted by Gasteiger charge is 2.14. The lowest BCUT2D eigenvalue weighted by atomic mass is 10.3. The van der Waals surface area contributed by atoms with Crippen LogP contribution < -0.4 is 9.64 Å². The molecule has 0 unspecified atom stereocenters. The van der Waals surface area contributed by atoms with Gasteiger partial charge in [-0.15, -0.1) is 0 Å². The summed E-state index contributed by atoms with van der Waals surface area (Å²) in [5.41, 5.74) is 2.11. The molecule has 0 fully saturated rings. The van der Waals surface area contributed by atoms with Crippen LogP contribution in [0.4, 0.5) is 5.69 Å². The fourth-order valence-electron chi connectivity index (χ4n) is 1.38. The van der Waals surface area contributed by atoms with Gasteiger partial charge in [0.1, 0.15) is 0 Å². The Labute approximate surface area is 77.7 Å². The maximum atomic E-state index is 5.52. The molecule has 0 saturated carbocycles. The van der Waals surface area contributed by atoms with Crippen molar-refractivity contribution < 1.29 is 4.74 Å². The molecule has 1 aromatic rings. The van der Waals surface area contributed by atoms with Crippen LogP contribution in [0.2, 0.25) is 0 Å². The maximum Gasteiger partial charge on any atom is 0.161 e. The number of hydrogen-bond acceptors (Lipinski definition) is 3. The first-order chi connectivity index (χ1) is 6.29. The first-order valence-electron chi connectivity index (χ1n) is 4.27. The Bertz CT molecular complexity index is 335. The third kappa shape index (κ3) is 1.37. The van der Waals surface area contributed by atoms with Crippen molar-refractivity contribution in [1.29, 1.82) is 0 Å². The minimum absolute atomic E-state index is 0.682. The molecule has 2 heterocycles. The zero-order valence-corrected chi connectivity index (χ0v) is 7.66. The van der Waals surface area contributed by atoms with E-state index < -0.39 is 0 Å². The van der Waals surface area contributed by atoms with Gasteiger partial charge in [-0.2, -0.15) is 0 Å². The second-order valence-electron chi connectivity index (χ2n) is 3.07. The van der Waals surface area contributed by atoms with Crippen molar-refractivity contribution in [3.05, 3.63) is 30.7 Å². The van der Waals surface area contributed by atoms with Gasteiger partial charge in [0, 0.05) is 25.4 Å². The number of anilines is 1. The second kappa shape index (κ2) is 3.09. The van der Waals surface area contributed by atoms with Crippen molar-refractivity contribution in [2.45, 2.75) is 6.42 Å². The number of ether oxygens (including phenoxy) is 1. The summed E-state index contributed by atoms with van der Waals surface area (Å²) in [5, 5.41) is 0. The minimum atomic E-state index is 0.682. The summed E-state index contributed by atoms with van der Waals surface area (Å²) >= 11 is 0. The molecule has 3 nitrogen and oxygen atoms in total. The molecule has 2 rings (SSSR count). The molecule has 0 aliphatic carbocycles. The summed E-state index contributed by atoms with van der Waals surface area (Å²) in [7, 11) is 2.00. The Morgan fingerprint density at radius 3 is 3.31 bits per heavy atom. The average Bonchev–Trinajstić information content (AvgIpc) is 2.29. The van der Waals surface area contributed by atoms with Crippen molar-refractivity contribution in [2.24, 2.45) is 0 Å². The molecular weight excluding hydrogens is 164 g/mol. The van der Waals surface area contributed by atoms with Gasteiger partial charge in [-0.3, -0.25) is 4.98 Å². The molecule has 0 aromatic carbocycles. The predicted molar refractivity (Wildman–Crippen MR) is 51.9 cm³/mol. The van der Waals surface area contributed by atoms with E-state index in [4.69, 9.17) is 4.74 Å². The summed E-state index contributed by atoms with van der Waals surface area (Å²) in [6.45, 7) is 4.66. The molecular formula is C10H12N2O. The highest BCUT2D eigenvalue weighted by atomic mass is 16.5. The quantitative estimate of drug-likeness (QED) is 0.603. The van der Waals surface area contributed by atoms with Crippen LogP contribution in [-0.4, -0.2) is 18.6 Å². The lowest BCUT2D eigenvalue weighted by Crippen LogP contribution is -2.14. The van der Waals surface area contributed by atoms with Crippen LogP contribution >= 0.6 is 0 Å². The van der Waals surface area contributed by atoms with Crippen LogP contribution in [0.25, 0.3) is 0 Å². The normalized spacial score (nSPS) is 16.1. The van der Waals surface area contributed by atoms with Crippen molar-refractivity contribution >= 4 is 5.69 Å². The molecule has 1 aliphatic heterocycles. The van der Waals surface area contributed by atoms with Gasteiger partial charge < -0.3 is 9.64 Å². The monoisotopic (exact) mass is 176 g/mol. The van der Waals surface area contributed by atoms with E-state index in [1.807, 2.05) is 18.0 Å². The average molecular weight is 176 g/mol. The zero-order chi connectivity index (χ0) is 9.26. The zero-order valence-electron chi connectivity index (χ0n) is 7.66. The topological polar surface area (TPSA) is 25.4 Å². The van der Waals surface area contributed by atoms with E-state index in [0.717, 1.165) is 23.6 Å². The third-order valence-corrected chi connectivity index (χ3v) is 2.25. The summed E-state index contributed by atoms with van der Waals surface area (Å²) < 4.78 is 5.52. The molecule has 0 atom stereocenters. The van der Waals surface area contributed by atoms with Crippen LogP contribution in [0, 0.1) is 0 Å². The SMILES string of the molecule is C=C1CCOc2cnccc2N1C. The van der Waals surface area contributed by atoms with Gasteiger partial charge >= 0.3 is 0 Å². The molecule has 68 valence electrons. The van der Waals surface area contributed by atoms with Crippen molar-refractivity contribution in [1.82, 2.24) is 4.98 Å². The minimum Gasteiger partial charge on any atom is -0.489 e. The fourth-order valence-corrected chi connectivity index (χ4v) is 1.38.